The lowest BCUT2D eigenvalue weighted by atomic mass is 9.78. The lowest BCUT2D eigenvalue weighted by Crippen LogP contribution is -2.66. The Hall–Kier alpha value is -4.13. The predicted octanol–water partition coefficient (Wildman–Crippen LogP) is 6.69. The molecule has 0 aromatic heterocycles. The molecule has 53 heavy (non-hydrogen) atoms. The molecule has 11 heteroatoms. The molecule has 1 atom stereocenters. The highest BCUT2D eigenvalue weighted by Gasteiger charge is 2.50. The van der Waals surface area contributed by atoms with Crippen LogP contribution in [-0.2, 0) is 49.1 Å². The third-order valence-corrected chi connectivity index (χ3v) is 14.5. The summed E-state index contributed by atoms with van der Waals surface area (Å²) in [5.74, 6) is -1.51. The number of hydrogen-bond acceptors (Lipinski definition) is 9. The molecule has 0 saturated carbocycles. The zero-order chi connectivity index (χ0) is 39.0. The molecule has 0 heterocycles. The Morgan fingerprint density at radius 1 is 0.792 bits per heavy atom. The molecule has 0 bridgehead atoms. The standard InChI is InChI=1S/C42H54O9SSi/c1-34(27-30-50-52(7,45)46)31-36(49-33-35-21-13-10-14-22-35)32-42(39(43)47-5,40(44)48-6)28-19-8-9-20-29-51-53(41(2,3)4,37-23-15-11-16-24-37)38-25-17-12-18-26-38/h8-26,31,36H,27-30,32-33H2,1-7H3/b19-8-,20-9+,34-31-. The second-order valence-corrected chi connectivity index (χ2v) is 19.9. The molecule has 0 spiro atoms. The summed E-state index contributed by atoms with van der Waals surface area (Å²) in [6.45, 7) is 8.97. The minimum absolute atomic E-state index is 0.0263. The largest absolute Gasteiger partial charge is 0.468 e. The molecule has 286 valence electrons. The summed E-state index contributed by atoms with van der Waals surface area (Å²) < 4.78 is 51.5. The molecule has 0 fully saturated rings. The van der Waals surface area contributed by atoms with Gasteiger partial charge in [0.25, 0.3) is 18.4 Å². The zero-order valence-electron chi connectivity index (χ0n) is 31.9. The summed E-state index contributed by atoms with van der Waals surface area (Å²) in [6.07, 6.45) is 9.48. The van der Waals surface area contributed by atoms with Crippen molar-refractivity contribution in [3.63, 3.8) is 0 Å². The maximum atomic E-state index is 13.5. The van der Waals surface area contributed by atoms with Crippen LogP contribution >= 0.6 is 0 Å². The number of benzene rings is 3. The van der Waals surface area contributed by atoms with Crippen molar-refractivity contribution in [3.8, 4) is 0 Å². The monoisotopic (exact) mass is 762 g/mol. The number of carbonyl (C=O) groups is 2. The zero-order valence-corrected chi connectivity index (χ0v) is 33.8. The van der Waals surface area contributed by atoms with E-state index in [2.05, 4.69) is 45.0 Å². The van der Waals surface area contributed by atoms with E-state index in [4.69, 9.17) is 22.8 Å². The van der Waals surface area contributed by atoms with Crippen LogP contribution in [0.2, 0.25) is 5.04 Å². The van der Waals surface area contributed by atoms with E-state index in [1.165, 1.54) is 24.6 Å². The van der Waals surface area contributed by atoms with Gasteiger partial charge in [0.05, 0.1) is 46.4 Å². The molecule has 0 aliphatic rings. The fraction of sp³-hybridized carbons (Fsp3) is 0.381. The van der Waals surface area contributed by atoms with Crippen molar-refractivity contribution < 1.29 is 40.8 Å². The van der Waals surface area contributed by atoms with Gasteiger partial charge >= 0.3 is 11.9 Å². The van der Waals surface area contributed by atoms with E-state index in [0.717, 1.165) is 17.4 Å². The van der Waals surface area contributed by atoms with Crippen molar-refractivity contribution in [2.75, 3.05) is 33.7 Å². The van der Waals surface area contributed by atoms with Gasteiger partial charge in [-0.2, -0.15) is 8.42 Å². The second kappa shape index (κ2) is 20.4. The van der Waals surface area contributed by atoms with Crippen molar-refractivity contribution in [1.82, 2.24) is 0 Å². The summed E-state index contributed by atoms with van der Waals surface area (Å²) in [4.78, 5) is 27.0. The van der Waals surface area contributed by atoms with E-state index in [9.17, 15) is 18.0 Å². The number of esters is 2. The van der Waals surface area contributed by atoms with Crippen LogP contribution in [-0.4, -0.2) is 68.5 Å². The average molecular weight is 763 g/mol. The summed E-state index contributed by atoms with van der Waals surface area (Å²) in [7, 11) is -3.87. The van der Waals surface area contributed by atoms with Crippen LogP contribution in [0.25, 0.3) is 0 Å². The molecule has 0 aliphatic carbocycles. The van der Waals surface area contributed by atoms with E-state index in [1.807, 2.05) is 85.8 Å². The first-order valence-electron chi connectivity index (χ1n) is 17.6. The van der Waals surface area contributed by atoms with Crippen molar-refractivity contribution in [3.05, 3.63) is 133 Å². The minimum Gasteiger partial charge on any atom is -0.468 e. The quantitative estimate of drug-likeness (QED) is 0.0311. The Balaban J connectivity index is 1.87. The Bertz CT molecular complexity index is 1730. The van der Waals surface area contributed by atoms with Gasteiger partial charge in [0.15, 0.2) is 5.41 Å². The SMILES string of the molecule is COC(=O)C(C/C=C\C=C\CO[Si](c1ccccc1)(c1ccccc1)C(C)(C)C)(CC(/C=C(/C)CCOS(C)(=O)=O)OCc1ccccc1)C(=O)OC. The van der Waals surface area contributed by atoms with Gasteiger partial charge in [0, 0.05) is 6.42 Å². The van der Waals surface area contributed by atoms with Crippen LogP contribution in [0.4, 0.5) is 0 Å². The van der Waals surface area contributed by atoms with Gasteiger partial charge < -0.3 is 18.6 Å². The lowest BCUT2D eigenvalue weighted by molar-refractivity contribution is -0.171. The topological polar surface area (TPSA) is 114 Å². The Morgan fingerprint density at radius 3 is 1.79 bits per heavy atom. The summed E-state index contributed by atoms with van der Waals surface area (Å²) in [6, 6.07) is 30.3. The summed E-state index contributed by atoms with van der Waals surface area (Å²) in [5, 5.41) is 2.19. The summed E-state index contributed by atoms with van der Waals surface area (Å²) in [5.41, 5.74) is -0.0774. The van der Waals surface area contributed by atoms with Crippen LogP contribution in [0.5, 0.6) is 0 Å². The van der Waals surface area contributed by atoms with Gasteiger partial charge in [-0.25, -0.2) is 0 Å². The molecule has 0 N–H and O–H groups in total. The number of carbonyl (C=O) groups excluding carboxylic acids is 2. The first kappa shape index (κ1) is 43.3. The first-order valence-corrected chi connectivity index (χ1v) is 21.3. The van der Waals surface area contributed by atoms with Crippen LogP contribution in [0, 0.1) is 5.41 Å². The van der Waals surface area contributed by atoms with Crippen LogP contribution in [0.3, 0.4) is 0 Å². The van der Waals surface area contributed by atoms with Gasteiger partial charge in [0.1, 0.15) is 0 Å². The van der Waals surface area contributed by atoms with Gasteiger partial charge in [-0.3, -0.25) is 13.8 Å². The molecular weight excluding hydrogens is 709 g/mol. The fourth-order valence-corrected chi connectivity index (χ4v) is 11.2. The molecule has 3 rings (SSSR count). The van der Waals surface area contributed by atoms with Crippen molar-refractivity contribution in [2.45, 2.75) is 64.7 Å². The maximum Gasteiger partial charge on any atom is 0.323 e. The first-order chi connectivity index (χ1) is 25.2. The van der Waals surface area contributed by atoms with Gasteiger partial charge in [-0.1, -0.05) is 148 Å². The Labute approximate surface area is 316 Å². The van der Waals surface area contributed by atoms with Crippen LogP contribution in [0.15, 0.2) is 127 Å². The molecule has 0 amide bonds. The maximum absolute atomic E-state index is 13.5. The van der Waals surface area contributed by atoms with E-state index in [0.29, 0.717) is 13.0 Å². The van der Waals surface area contributed by atoms with E-state index in [-0.39, 0.29) is 31.1 Å². The van der Waals surface area contributed by atoms with Crippen LogP contribution in [0.1, 0.15) is 52.5 Å². The number of allylic oxidation sites excluding steroid dienone is 3. The molecule has 0 radical (unpaired) electrons. The van der Waals surface area contributed by atoms with Crippen LogP contribution < -0.4 is 10.4 Å². The molecule has 9 nitrogen and oxygen atoms in total. The summed E-state index contributed by atoms with van der Waals surface area (Å²) >= 11 is 0. The Morgan fingerprint density at radius 2 is 1.30 bits per heavy atom. The van der Waals surface area contributed by atoms with E-state index >= 15 is 0 Å². The van der Waals surface area contributed by atoms with E-state index < -0.39 is 41.9 Å². The van der Waals surface area contributed by atoms with Gasteiger partial charge in [-0.05, 0) is 40.7 Å². The highest BCUT2D eigenvalue weighted by atomic mass is 32.2. The van der Waals surface area contributed by atoms with Crippen molar-refractivity contribution in [2.24, 2.45) is 5.41 Å². The highest BCUT2D eigenvalue weighted by Crippen LogP contribution is 2.37. The predicted molar refractivity (Wildman–Crippen MR) is 212 cm³/mol. The van der Waals surface area contributed by atoms with Gasteiger partial charge in [-0.15, -0.1) is 0 Å². The normalized spacial score (nSPS) is 13.7. The highest BCUT2D eigenvalue weighted by molar-refractivity contribution is 7.85. The molecular formula is C42H54O9SSi. The Kier molecular flexibility index (Phi) is 16.6. The van der Waals surface area contributed by atoms with E-state index in [1.54, 1.807) is 18.2 Å². The number of ether oxygens (including phenoxy) is 3. The lowest BCUT2D eigenvalue weighted by Gasteiger charge is -2.42. The van der Waals surface area contributed by atoms with Crippen molar-refractivity contribution in [1.29, 1.82) is 0 Å². The van der Waals surface area contributed by atoms with Crippen molar-refractivity contribution >= 4 is 40.7 Å². The fourth-order valence-electron chi connectivity index (χ4n) is 6.35. The molecule has 1 unspecified atom stereocenters. The molecule has 0 aliphatic heterocycles. The second-order valence-electron chi connectivity index (χ2n) is 13.9. The average Bonchev–Trinajstić information content (AvgIpc) is 3.13. The minimum atomic E-state index is -3.61. The smallest absolute Gasteiger partial charge is 0.323 e. The number of methoxy groups -OCH3 is 2. The number of rotatable bonds is 20. The third kappa shape index (κ3) is 12.5. The third-order valence-electron chi connectivity index (χ3n) is 8.94. The number of hydrogen-bond donors (Lipinski definition) is 0. The van der Waals surface area contributed by atoms with Gasteiger partial charge in [0.2, 0.25) is 0 Å². The molecule has 0 saturated heterocycles. The molecule has 3 aromatic rings. The molecule has 3 aromatic carbocycles.